The first-order valence-electron chi connectivity index (χ1n) is 5.54. The minimum atomic E-state index is -0.898. The van der Waals surface area contributed by atoms with E-state index >= 15 is 0 Å². The second-order valence-corrected chi connectivity index (χ2v) is 4.15. The molecule has 0 saturated heterocycles. The summed E-state index contributed by atoms with van der Waals surface area (Å²) in [7, 11) is 0. The fraction of sp³-hybridized carbons (Fsp3) is 0.231. The standard InChI is InChI=1S/C13H12FNO3/c14-10-4-1-8(2-5-10)12(16)15-11-6-3-9(7-11)13(17)18/h1-6,9,11H,7H2,(H,15,16)(H,17,18). The van der Waals surface area contributed by atoms with Gasteiger partial charge in [-0.25, -0.2) is 4.39 Å². The zero-order valence-electron chi connectivity index (χ0n) is 9.47. The van der Waals surface area contributed by atoms with E-state index in [9.17, 15) is 14.0 Å². The predicted octanol–water partition coefficient (Wildman–Crippen LogP) is 1.58. The molecular weight excluding hydrogens is 237 g/mol. The number of halogens is 1. The molecule has 0 fully saturated rings. The van der Waals surface area contributed by atoms with E-state index in [1.165, 1.54) is 24.3 Å². The van der Waals surface area contributed by atoms with Gasteiger partial charge < -0.3 is 10.4 Å². The number of hydrogen-bond acceptors (Lipinski definition) is 2. The van der Waals surface area contributed by atoms with Crippen LogP contribution in [0.4, 0.5) is 4.39 Å². The quantitative estimate of drug-likeness (QED) is 0.799. The maximum atomic E-state index is 12.7. The Labute approximate surface area is 103 Å². The van der Waals surface area contributed by atoms with Gasteiger partial charge in [-0.05, 0) is 30.7 Å². The van der Waals surface area contributed by atoms with Crippen molar-refractivity contribution in [1.82, 2.24) is 5.32 Å². The van der Waals surface area contributed by atoms with E-state index < -0.39 is 17.7 Å². The molecule has 0 bridgehead atoms. The number of aliphatic carboxylic acids is 1. The van der Waals surface area contributed by atoms with Gasteiger partial charge in [0.25, 0.3) is 5.91 Å². The number of rotatable bonds is 3. The lowest BCUT2D eigenvalue weighted by molar-refractivity contribution is -0.140. The summed E-state index contributed by atoms with van der Waals surface area (Å²) in [4.78, 5) is 22.5. The number of hydrogen-bond donors (Lipinski definition) is 2. The first-order chi connectivity index (χ1) is 8.56. The summed E-state index contributed by atoms with van der Waals surface area (Å²) in [6.07, 6.45) is 3.58. The fourth-order valence-electron chi connectivity index (χ4n) is 1.84. The molecule has 0 aliphatic heterocycles. The minimum absolute atomic E-state index is 0.288. The van der Waals surface area contributed by atoms with E-state index in [4.69, 9.17) is 5.11 Å². The van der Waals surface area contributed by atoms with Crippen molar-refractivity contribution in [2.24, 2.45) is 5.92 Å². The molecule has 5 heteroatoms. The normalized spacial score (nSPS) is 21.8. The number of carbonyl (C=O) groups excluding carboxylic acids is 1. The smallest absolute Gasteiger partial charge is 0.310 e. The monoisotopic (exact) mass is 249 g/mol. The number of carboxylic acids is 1. The molecule has 2 unspecified atom stereocenters. The van der Waals surface area contributed by atoms with Crippen LogP contribution in [0.25, 0.3) is 0 Å². The van der Waals surface area contributed by atoms with Crippen molar-refractivity contribution in [3.63, 3.8) is 0 Å². The summed E-state index contributed by atoms with van der Waals surface area (Å²) in [5.41, 5.74) is 0.351. The Morgan fingerprint density at radius 2 is 1.89 bits per heavy atom. The van der Waals surface area contributed by atoms with Gasteiger partial charge >= 0.3 is 5.97 Å². The lowest BCUT2D eigenvalue weighted by Crippen LogP contribution is -2.33. The average molecular weight is 249 g/mol. The van der Waals surface area contributed by atoms with Crippen LogP contribution >= 0.6 is 0 Å². The molecule has 2 atom stereocenters. The van der Waals surface area contributed by atoms with E-state index in [1.807, 2.05) is 0 Å². The van der Waals surface area contributed by atoms with Crippen LogP contribution < -0.4 is 5.32 Å². The first kappa shape index (κ1) is 12.3. The van der Waals surface area contributed by atoms with Gasteiger partial charge in [-0.15, -0.1) is 0 Å². The largest absolute Gasteiger partial charge is 0.481 e. The molecular formula is C13H12FNO3. The maximum Gasteiger partial charge on any atom is 0.310 e. The van der Waals surface area contributed by atoms with E-state index in [0.717, 1.165) is 0 Å². The molecule has 1 aromatic rings. The van der Waals surface area contributed by atoms with E-state index in [-0.39, 0.29) is 11.9 Å². The van der Waals surface area contributed by atoms with Crippen LogP contribution in [0.1, 0.15) is 16.8 Å². The second kappa shape index (κ2) is 5.00. The average Bonchev–Trinajstić information content (AvgIpc) is 2.78. The molecule has 1 aliphatic rings. The van der Waals surface area contributed by atoms with Gasteiger partial charge in [0.05, 0.1) is 5.92 Å². The Balaban J connectivity index is 1.95. The van der Waals surface area contributed by atoms with Gasteiger partial charge in [0, 0.05) is 11.6 Å². The Morgan fingerprint density at radius 1 is 1.22 bits per heavy atom. The maximum absolute atomic E-state index is 12.7. The molecule has 2 N–H and O–H groups in total. The first-order valence-corrected chi connectivity index (χ1v) is 5.54. The van der Waals surface area contributed by atoms with Gasteiger partial charge in [0.2, 0.25) is 0 Å². The van der Waals surface area contributed by atoms with Crippen LogP contribution in [0.2, 0.25) is 0 Å². The molecule has 1 aliphatic carbocycles. The van der Waals surface area contributed by atoms with Crippen LogP contribution in [0.3, 0.4) is 0 Å². The highest BCUT2D eigenvalue weighted by molar-refractivity contribution is 5.94. The topological polar surface area (TPSA) is 66.4 Å². The molecule has 94 valence electrons. The van der Waals surface area contributed by atoms with Crippen molar-refractivity contribution in [2.75, 3.05) is 0 Å². The van der Waals surface area contributed by atoms with Crippen molar-refractivity contribution in [3.05, 3.63) is 47.8 Å². The lowest BCUT2D eigenvalue weighted by atomic mass is 10.1. The van der Waals surface area contributed by atoms with Crippen LogP contribution in [-0.4, -0.2) is 23.0 Å². The highest BCUT2D eigenvalue weighted by atomic mass is 19.1. The van der Waals surface area contributed by atoms with Gasteiger partial charge in [-0.1, -0.05) is 12.2 Å². The SMILES string of the molecule is O=C(NC1C=CC(C(=O)O)C1)c1ccc(F)cc1. The van der Waals surface area contributed by atoms with E-state index in [0.29, 0.717) is 12.0 Å². The van der Waals surface area contributed by atoms with E-state index in [2.05, 4.69) is 5.32 Å². The highest BCUT2D eigenvalue weighted by Crippen LogP contribution is 2.18. The number of amides is 1. The van der Waals surface area contributed by atoms with Crippen molar-refractivity contribution in [1.29, 1.82) is 0 Å². The second-order valence-electron chi connectivity index (χ2n) is 4.15. The minimum Gasteiger partial charge on any atom is -0.481 e. The highest BCUT2D eigenvalue weighted by Gasteiger charge is 2.25. The van der Waals surface area contributed by atoms with Crippen LogP contribution in [-0.2, 0) is 4.79 Å². The lowest BCUT2D eigenvalue weighted by Gasteiger charge is -2.12. The number of carboxylic acid groups (broad SMARTS) is 1. The van der Waals surface area contributed by atoms with E-state index in [1.54, 1.807) is 12.2 Å². The third kappa shape index (κ3) is 2.74. The molecule has 18 heavy (non-hydrogen) atoms. The Morgan fingerprint density at radius 3 is 2.44 bits per heavy atom. The van der Waals surface area contributed by atoms with Gasteiger partial charge in [0.1, 0.15) is 5.82 Å². The third-order valence-electron chi connectivity index (χ3n) is 2.82. The fourth-order valence-corrected chi connectivity index (χ4v) is 1.84. The molecule has 2 rings (SSSR count). The summed E-state index contributed by atoms with van der Waals surface area (Å²) >= 11 is 0. The Hall–Kier alpha value is -2.17. The molecule has 0 radical (unpaired) electrons. The van der Waals surface area contributed by atoms with Gasteiger partial charge in [-0.2, -0.15) is 0 Å². The summed E-state index contributed by atoms with van der Waals surface area (Å²) in [5, 5.41) is 11.5. The molecule has 0 spiro atoms. The van der Waals surface area contributed by atoms with Crippen molar-refractivity contribution < 1.29 is 19.1 Å². The summed E-state index contributed by atoms with van der Waals surface area (Å²) < 4.78 is 12.7. The molecule has 1 amide bonds. The molecule has 0 heterocycles. The Kier molecular flexibility index (Phi) is 3.41. The van der Waals surface area contributed by atoms with Gasteiger partial charge in [-0.3, -0.25) is 9.59 Å². The van der Waals surface area contributed by atoms with Gasteiger partial charge in [0.15, 0.2) is 0 Å². The molecule has 1 aromatic carbocycles. The molecule has 0 aromatic heterocycles. The molecule has 4 nitrogen and oxygen atoms in total. The zero-order chi connectivity index (χ0) is 13.1. The van der Waals surface area contributed by atoms with Crippen LogP contribution in [0, 0.1) is 11.7 Å². The van der Waals surface area contributed by atoms with Crippen LogP contribution in [0.5, 0.6) is 0 Å². The van der Waals surface area contributed by atoms with Crippen molar-refractivity contribution >= 4 is 11.9 Å². The predicted molar refractivity (Wildman–Crippen MR) is 62.5 cm³/mol. The number of benzene rings is 1. The summed E-state index contributed by atoms with van der Waals surface area (Å²) in [6, 6.07) is 4.90. The number of carbonyl (C=O) groups is 2. The molecule has 0 saturated carbocycles. The Bertz CT molecular complexity index is 495. The number of nitrogens with one attached hydrogen (secondary N) is 1. The van der Waals surface area contributed by atoms with Crippen molar-refractivity contribution in [3.8, 4) is 0 Å². The third-order valence-corrected chi connectivity index (χ3v) is 2.82. The summed E-state index contributed by atoms with van der Waals surface area (Å²) in [5.74, 6) is -2.19. The van der Waals surface area contributed by atoms with Crippen molar-refractivity contribution in [2.45, 2.75) is 12.5 Å². The van der Waals surface area contributed by atoms with Crippen LogP contribution in [0.15, 0.2) is 36.4 Å². The zero-order valence-corrected chi connectivity index (χ0v) is 9.47. The summed E-state index contributed by atoms with van der Waals surface area (Å²) in [6.45, 7) is 0.